The summed E-state index contributed by atoms with van der Waals surface area (Å²) in [7, 11) is 0. The standard InChI is InChI=1S/C21H21ClN2O4/c22-16-7-14-5-6-27-21(14)15(8-16)10-23-11-17(25)12-28-18-2-3-19-13(9-18)1-4-20(26)24-19/h2-3,5-9,17,23,25H,1,4,10-12H2,(H,24,26). The van der Waals surface area contributed by atoms with Gasteiger partial charge in [-0.3, -0.25) is 4.79 Å². The topological polar surface area (TPSA) is 83.7 Å². The highest BCUT2D eigenvalue weighted by atomic mass is 35.5. The Bertz CT molecular complexity index is 1000. The molecule has 7 heteroatoms. The third kappa shape index (κ3) is 4.30. The number of hydrogen-bond donors (Lipinski definition) is 3. The summed E-state index contributed by atoms with van der Waals surface area (Å²) in [5.74, 6) is 0.718. The van der Waals surface area contributed by atoms with Crippen molar-refractivity contribution in [3.8, 4) is 5.75 Å². The number of halogens is 1. The van der Waals surface area contributed by atoms with E-state index in [1.165, 1.54) is 0 Å². The van der Waals surface area contributed by atoms with Crippen molar-refractivity contribution < 1.29 is 19.1 Å². The van der Waals surface area contributed by atoms with Crippen LogP contribution < -0.4 is 15.4 Å². The summed E-state index contributed by atoms with van der Waals surface area (Å²) in [5.41, 5.74) is 3.62. The van der Waals surface area contributed by atoms with Gasteiger partial charge in [0.05, 0.1) is 6.26 Å². The van der Waals surface area contributed by atoms with E-state index >= 15 is 0 Å². The molecule has 146 valence electrons. The Morgan fingerprint density at radius 3 is 3.04 bits per heavy atom. The number of aliphatic hydroxyl groups is 1. The van der Waals surface area contributed by atoms with E-state index in [1.54, 1.807) is 12.3 Å². The Morgan fingerprint density at radius 1 is 1.25 bits per heavy atom. The van der Waals surface area contributed by atoms with E-state index in [0.717, 1.165) is 27.8 Å². The summed E-state index contributed by atoms with van der Waals surface area (Å²) < 4.78 is 11.2. The van der Waals surface area contributed by atoms with Crippen LogP contribution in [-0.2, 0) is 17.8 Å². The molecule has 6 nitrogen and oxygen atoms in total. The first-order valence-corrected chi connectivity index (χ1v) is 9.56. The number of benzene rings is 2. The third-order valence-electron chi connectivity index (χ3n) is 4.70. The van der Waals surface area contributed by atoms with Crippen LogP contribution in [0.5, 0.6) is 5.75 Å². The van der Waals surface area contributed by atoms with Gasteiger partial charge in [0.15, 0.2) is 0 Å². The van der Waals surface area contributed by atoms with Crippen molar-refractivity contribution in [1.82, 2.24) is 5.32 Å². The molecule has 3 N–H and O–H groups in total. The van der Waals surface area contributed by atoms with Crippen LogP contribution in [0, 0.1) is 0 Å². The largest absolute Gasteiger partial charge is 0.491 e. The minimum atomic E-state index is -0.665. The molecule has 0 aliphatic carbocycles. The highest BCUT2D eigenvalue weighted by Crippen LogP contribution is 2.27. The predicted molar refractivity (Wildman–Crippen MR) is 108 cm³/mol. The molecule has 4 rings (SSSR count). The number of aliphatic hydroxyl groups excluding tert-OH is 1. The zero-order valence-corrected chi connectivity index (χ0v) is 16.0. The van der Waals surface area contributed by atoms with Gasteiger partial charge in [-0.1, -0.05) is 11.6 Å². The molecule has 0 radical (unpaired) electrons. The fourth-order valence-electron chi connectivity index (χ4n) is 3.32. The van der Waals surface area contributed by atoms with E-state index in [0.29, 0.717) is 36.7 Å². The van der Waals surface area contributed by atoms with Crippen molar-refractivity contribution in [3.05, 3.63) is 58.8 Å². The molecule has 1 unspecified atom stereocenters. The van der Waals surface area contributed by atoms with Crippen LogP contribution in [-0.4, -0.2) is 30.3 Å². The second-order valence-corrected chi connectivity index (χ2v) is 7.30. The van der Waals surface area contributed by atoms with Gasteiger partial charge < -0.3 is 24.9 Å². The summed E-state index contributed by atoms with van der Waals surface area (Å²) in [6.45, 7) is 1.07. The quantitative estimate of drug-likeness (QED) is 0.565. The maximum absolute atomic E-state index is 11.4. The minimum absolute atomic E-state index is 0.0363. The van der Waals surface area contributed by atoms with E-state index < -0.39 is 6.10 Å². The molecule has 28 heavy (non-hydrogen) atoms. The lowest BCUT2D eigenvalue weighted by atomic mass is 10.0. The Morgan fingerprint density at radius 2 is 2.14 bits per heavy atom. The van der Waals surface area contributed by atoms with Crippen LogP contribution >= 0.6 is 11.6 Å². The van der Waals surface area contributed by atoms with Gasteiger partial charge in [0.25, 0.3) is 0 Å². The molecule has 3 aromatic rings. The average molecular weight is 401 g/mol. The Balaban J connectivity index is 1.27. The summed E-state index contributed by atoms with van der Waals surface area (Å²) in [5, 5.41) is 17.8. The van der Waals surface area contributed by atoms with Crippen molar-refractivity contribution in [1.29, 1.82) is 0 Å². The molecule has 2 aromatic carbocycles. The Labute approximate surface area is 167 Å². The van der Waals surface area contributed by atoms with Gasteiger partial charge in [0.1, 0.15) is 24.0 Å². The molecule has 2 heterocycles. The lowest BCUT2D eigenvalue weighted by molar-refractivity contribution is -0.116. The van der Waals surface area contributed by atoms with Crippen molar-refractivity contribution in [3.63, 3.8) is 0 Å². The molecule has 0 bridgehead atoms. The van der Waals surface area contributed by atoms with Gasteiger partial charge in [-0.15, -0.1) is 0 Å². The monoisotopic (exact) mass is 400 g/mol. The average Bonchev–Trinajstić information content (AvgIpc) is 3.14. The third-order valence-corrected chi connectivity index (χ3v) is 4.92. The minimum Gasteiger partial charge on any atom is -0.491 e. The van der Waals surface area contributed by atoms with Gasteiger partial charge in [-0.05, 0) is 48.4 Å². The maximum Gasteiger partial charge on any atom is 0.224 e. The number of furan rings is 1. The number of carbonyl (C=O) groups excluding carboxylic acids is 1. The normalized spacial score (nSPS) is 14.6. The number of ether oxygens (including phenoxy) is 1. The number of rotatable bonds is 7. The molecule has 0 saturated heterocycles. The highest BCUT2D eigenvalue weighted by molar-refractivity contribution is 6.31. The maximum atomic E-state index is 11.4. The molecule has 1 aliphatic rings. The van der Waals surface area contributed by atoms with E-state index in [1.807, 2.05) is 30.3 Å². The van der Waals surface area contributed by atoms with E-state index in [4.69, 9.17) is 20.8 Å². The predicted octanol–water partition coefficient (Wildman–Crippen LogP) is 3.50. The van der Waals surface area contributed by atoms with Crippen LogP contribution in [0.2, 0.25) is 5.02 Å². The zero-order valence-electron chi connectivity index (χ0n) is 15.2. The van der Waals surface area contributed by atoms with E-state index in [9.17, 15) is 9.90 Å². The summed E-state index contributed by atoms with van der Waals surface area (Å²) in [6, 6.07) is 11.1. The SMILES string of the molecule is O=C1CCc2cc(OCC(O)CNCc3cc(Cl)cc4ccoc34)ccc2N1. The number of fused-ring (bicyclic) bond motifs is 2. The lowest BCUT2D eigenvalue weighted by Crippen LogP contribution is -2.31. The van der Waals surface area contributed by atoms with Crippen molar-refractivity contribution in [2.24, 2.45) is 0 Å². The number of aryl methyl sites for hydroxylation is 1. The van der Waals surface area contributed by atoms with Gasteiger partial charge >= 0.3 is 0 Å². The van der Waals surface area contributed by atoms with Crippen LogP contribution in [0.3, 0.4) is 0 Å². The zero-order chi connectivity index (χ0) is 19.5. The number of anilines is 1. The molecule has 1 amide bonds. The van der Waals surface area contributed by atoms with Gasteiger partial charge in [0.2, 0.25) is 5.91 Å². The van der Waals surface area contributed by atoms with E-state index in [2.05, 4.69) is 10.6 Å². The number of amides is 1. The first-order valence-electron chi connectivity index (χ1n) is 9.18. The molecule has 0 saturated carbocycles. The Kier molecular flexibility index (Phi) is 5.52. The molecular weight excluding hydrogens is 380 g/mol. The first kappa shape index (κ1) is 18.8. The summed E-state index contributed by atoms with van der Waals surface area (Å²) in [6.07, 6.45) is 2.15. The fourth-order valence-corrected chi connectivity index (χ4v) is 3.57. The first-order chi connectivity index (χ1) is 13.6. The van der Waals surface area contributed by atoms with E-state index in [-0.39, 0.29) is 12.5 Å². The van der Waals surface area contributed by atoms with Gasteiger partial charge in [-0.2, -0.15) is 0 Å². The Hall–Kier alpha value is -2.54. The van der Waals surface area contributed by atoms with Crippen LogP contribution in [0.25, 0.3) is 11.0 Å². The second-order valence-electron chi connectivity index (χ2n) is 6.87. The van der Waals surface area contributed by atoms with Crippen molar-refractivity contribution in [2.45, 2.75) is 25.5 Å². The molecule has 0 fully saturated rings. The van der Waals surface area contributed by atoms with Gasteiger partial charge in [-0.25, -0.2) is 0 Å². The van der Waals surface area contributed by atoms with Crippen LogP contribution in [0.15, 0.2) is 47.1 Å². The smallest absolute Gasteiger partial charge is 0.224 e. The number of nitrogens with one attached hydrogen (secondary N) is 2. The number of carbonyl (C=O) groups is 1. The summed E-state index contributed by atoms with van der Waals surface area (Å²) >= 11 is 6.14. The molecule has 1 aliphatic heterocycles. The van der Waals surface area contributed by atoms with Crippen molar-refractivity contribution in [2.75, 3.05) is 18.5 Å². The number of hydrogen-bond acceptors (Lipinski definition) is 5. The molecule has 1 aromatic heterocycles. The fraction of sp³-hybridized carbons (Fsp3) is 0.286. The van der Waals surface area contributed by atoms with Crippen molar-refractivity contribution >= 4 is 34.2 Å². The molecule has 1 atom stereocenters. The summed E-state index contributed by atoms with van der Waals surface area (Å²) in [4.78, 5) is 11.4. The van der Waals surface area contributed by atoms with Crippen LogP contribution in [0.1, 0.15) is 17.5 Å². The highest BCUT2D eigenvalue weighted by Gasteiger charge is 2.15. The van der Waals surface area contributed by atoms with Gasteiger partial charge in [0, 0.05) is 41.2 Å². The van der Waals surface area contributed by atoms with Crippen LogP contribution in [0.4, 0.5) is 5.69 Å². The second kappa shape index (κ2) is 8.22. The molecular formula is C21H21ClN2O4. The lowest BCUT2D eigenvalue weighted by Gasteiger charge is -2.18. The molecule has 0 spiro atoms.